The molecule has 0 saturated heterocycles. The predicted molar refractivity (Wildman–Crippen MR) is 132 cm³/mol. The molecule has 1 saturated carbocycles. The lowest BCUT2D eigenvalue weighted by Crippen LogP contribution is -2.42. The number of ether oxygens (including phenoxy) is 1. The highest BCUT2D eigenvalue weighted by Crippen LogP contribution is 2.50. The number of hydrogen-bond acceptors (Lipinski definition) is 4. The summed E-state index contributed by atoms with van der Waals surface area (Å²) in [5, 5.41) is 0. The van der Waals surface area contributed by atoms with Crippen molar-refractivity contribution in [3.05, 3.63) is 53.6 Å². The summed E-state index contributed by atoms with van der Waals surface area (Å²) in [7, 11) is -3.62. The Morgan fingerprint density at radius 2 is 1.67 bits per heavy atom. The van der Waals surface area contributed by atoms with E-state index in [4.69, 9.17) is 4.74 Å². The first-order chi connectivity index (χ1) is 15.5. The number of fused-ring (bicyclic) bond motifs is 1. The summed E-state index contributed by atoms with van der Waals surface area (Å²) >= 11 is 0. The summed E-state index contributed by atoms with van der Waals surface area (Å²) in [6.45, 7) is 10.7. The lowest BCUT2D eigenvalue weighted by atomic mass is 9.93. The molecule has 0 atom stereocenters. The van der Waals surface area contributed by atoms with E-state index in [0.29, 0.717) is 41.6 Å². The molecule has 0 aromatic heterocycles. The Hall–Kier alpha value is -2.34. The summed E-state index contributed by atoms with van der Waals surface area (Å²) in [5.41, 5.74) is 1.95. The highest BCUT2D eigenvalue weighted by atomic mass is 32.2. The summed E-state index contributed by atoms with van der Waals surface area (Å²) in [4.78, 5) is 15.1. The fourth-order valence-electron chi connectivity index (χ4n) is 5.16. The molecular formula is C27H35NO4S. The lowest BCUT2D eigenvalue weighted by molar-refractivity contribution is -0.127. The summed E-state index contributed by atoms with van der Waals surface area (Å²) in [6, 6.07) is 13.0. The van der Waals surface area contributed by atoms with Gasteiger partial charge in [-0.3, -0.25) is 4.79 Å². The maximum absolute atomic E-state index is 14.0. The van der Waals surface area contributed by atoms with Crippen LogP contribution in [0.3, 0.4) is 0 Å². The molecule has 4 rings (SSSR count). The molecule has 0 N–H and O–H groups in total. The molecular weight excluding hydrogens is 434 g/mol. The Morgan fingerprint density at radius 1 is 1.03 bits per heavy atom. The van der Waals surface area contributed by atoms with Crippen LogP contribution < -0.4 is 9.64 Å². The molecule has 2 aromatic rings. The van der Waals surface area contributed by atoms with Gasteiger partial charge in [0.05, 0.1) is 16.0 Å². The number of benzene rings is 2. The molecule has 33 heavy (non-hydrogen) atoms. The van der Waals surface area contributed by atoms with Gasteiger partial charge in [0.25, 0.3) is 0 Å². The van der Waals surface area contributed by atoms with Gasteiger partial charge in [-0.25, -0.2) is 8.42 Å². The van der Waals surface area contributed by atoms with Gasteiger partial charge in [-0.1, -0.05) is 44.9 Å². The van der Waals surface area contributed by atoms with Crippen molar-refractivity contribution in [3.63, 3.8) is 0 Å². The largest absolute Gasteiger partial charge is 0.490 e. The molecule has 0 unspecified atom stereocenters. The van der Waals surface area contributed by atoms with Gasteiger partial charge in [-0.05, 0) is 74.9 Å². The van der Waals surface area contributed by atoms with Gasteiger partial charge in [0.15, 0.2) is 9.84 Å². The molecule has 2 aromatic carbocycles. The topological polar surface area (TPSA) is 63.7 Å². The molecule has 1 aliphatic heterocycles. The van der Waals surface area contributed by atoms with Gasteiger partial charge in [0.1, 0.15) is 17.1 Å². The summed E-state index contributed by atoms with van der Waals surface area (Å²) in [6.07, 6.45) is 2.91. The molecule has 0 spiro atoms. The van der Waals surface area contributed by atoms with Crippen LogP contribution in [0.4, 0.5) is 5.69 Å². The standard InChI is InChI=1S/C27H35NO4S/c1-6-28-23-14-11-21(17-24(23)32-18-26(4,5)25(28)29)27(15-7-8-16-27)33(30,31)22-12-9-20(10-13-22)19(2)3/h9-14,17,19H,6-8,15-16,18H2,1-5H3. The van der Waals surface area contributed by atoms with Crippen molar-refractivity contribution in [1.82, 2.24) is 0 Å². The first kappa shape index (κ1) is 23.8. The van der Waals surface area contributed by atoms with E-state index in [-0.39, 0.29) is 12.5 Å². The van der Waals surface area contributed by atoms with Gasteiger partial charge in [0.2, 0.25) is 5.91 Å². The van der Waals surface area contributed by atoms with Gasteiger partial charge < -0.3 is 9.64 Å². The molecule has 1 aliphatic carbocycles. The lowest BCUT2D eigenvalue weighted by Gasteiger charge is -2.31. The van der Waals surface area contributed by atoms with Crippen LogP contribution in [-0.2, 0) is 19.4 Å². The van der Waals surface area contributed by atoms with E-state index in [1.165, 1.54) is 0 Å². The van der Waals surface area contributed by atoms with Crippen LogP contribution in [0, 0.1) is 5.41 Å². The Balaban J connectivity index is 1.81. The second-order valence-electron chi connectivity index (χ2n) is 10.3. The van der Waals surface area contributed by atoms with Crippen molar-refractivity contribution in [2.75, 3.05) is 18.1 Å². The molecule has 0 radical (unpaired) electrons. The van der Waals surface area contributed by atoms with Gasteiger partial charge >= 0.3 is 0 Å². The number of rotatable bonds is 5. The number of amides is 1. The number of hydrogen-bond donors (Lipinski definition) is 0. The Morgan fingerprint density at radius 3 is 2.24 bits per heavy atom. The smallest absolute Gasteiger partial charge is 0.236 e. The third-order valence-electron chi connectivity index (χ3n) is 7.29. The maximum atomic E-state index is 14.0. The van der Waals surface area contributed by atoms with Crippen molar-refractivity contribution in [3.8, 4) is 5.75 Å². The second kappa shape index (κ2) is 8.46. The van der Waals surface area contributed by atoms with Crippen molar-refractivity contribution >= 4 is 21.4 Å². The van der Waals surface area contributed by atoms with E-state index < -0.39 is 20.0 Å². The molecule has 1 amide bonds. The number of anilines is 1. The minimum atomic E-state index is -3.62. The monoisotopic (exact) mass is 469 g/mol. The molecule has 1 fully saturated rings. The summed E-state index contributed by atoms with van der Waals surface area (Å²) < 4.78 is 33.2. The highest BCUT2D eigenvalue weighted by Gasteiger charge is 2.49. The first-order valence-electron chi connectivity index (χ1n) is 12.0. The molecule has 5 nitrogen and oxygen atoms in total. The fraction of sp³-hybridized carbons (Fsp3) is 0.519. The molecule has 0 bridgehead atoms. The van der Waals surface area contributed by atoms with Gasteiger partial charge in [-0.15, -0.1) is 0 Å². The van der Waals surface area contributed by atoms with Crippen LogP contribution in [0.1, 0.15) is 77.3 Å². The Labute approximate surface area is 198 Å². The van der Waals surface area contributed by atoms with E-state index in [1.54, 1.807) is 17.0 Å². The zero-order valence-electron chi connectivity index (χ0n) is 20.3. The third kappa shape index (κ3) is 3.86. The van der Waals surface area contributed by atoms with Crippen molar-refractivity contribution in [1.29, 1.82) is 0 Å². The van der Waals surface area contributed by atoms with Gasteiger partial charge in [-0.2, -0.15) is 0 Å². The Kier molecular flexibility index (Phi) is 6.10. The van der Waals surface area contributed by atoms with Crippen LogP contribution in [0.2, 0.25) is 0 Å². The van der Waals surface area contributed by atoms with Crippen LogP contribution >= 0.6 is 0 Å². The Bertz CT molecular complexity index is 1140. The second-order valence-corrected chi connectivity index (χ2v) is 12.6. The third-order valence-corrected chi connectivity index (χ3v) is 9.85. The number of sulfone groups is 1. The van der Waals surface area contributed by atoms with Crippen LogP contribution in [0.15, 0.2) is 47.4 Å². The zero-order valence-corrected chi connectivity index (χ0v) is 21.2. The van der Waals surface area contributed by atoms with Crippen molar-refractivity contribution in [2.24, 2.45) is 5.41 Å². The van der Waals surface area contributed by atoms with Crippen LogP contribution in [0.25, 0.3) is 0 Å². The fourth-order valence-corrected chi connectivity index (χ4v) is 7.37. The molecule has 1 heterocycles. The molecule has 2 aliphatic rings. The number of carbonyl (C=O) groups excluding carboxylic acids is 1. The highest BCUT2D eigenvalue weighted by molar-refractivity contribution is 7.92. The van der Waals surface area contributed by atoms with Crippen LogP contribution in [-0.4, -0.2) is 27.5 Å². The maximum Gasteiger partial charge on any atom is 0.236 e. The van der Waals surface area contributed by atoms with Crippen LogP contribution in [0.5, 0.6) is 5.75 Å². The van der Waals surface area contributed by atoms with E-state index in [2.05, 4.69) is 13.8 Å². The quantitative estimate of drug-likeness (QED) is 0.553. The molecule has 178 valence electrons. The first-order valence-corrected chi connectivity index (χ1v) is 13.5. The van der Waals surface area contributed by atoms with Gasteiger partial charge in [0, 0.05) is 6.54 Å². The van der Waals surface area contributed by atoms with E-state index >= 15 is 0 Å². The van der Waals surface area contributed by atoms with E-state index in [1.807, 2.05) is 51.1 Å². The predicted octanol–water partition coefficient (Wildman–Crippen LogP) is 5.82. The number of carbonyl (C=O) groups is 1. The van der Waals surface area contributed by atoms with Crippen molar-refractivity contribution in [2.45, 2.75) is 75.9 Å². The van der Waals surface area contributed by atoms with E-state index in [0.717, 1.165) is 24.0 Å². The average Bonchev–Trinajstić information content (AvgIpc) is 3.27. The zero-order chi connectivity index (χ0) is 24.0. The van der Waals surface area contributed by atoms with E-state index in [9.17, 15) is 13.2 Å². The average molecular weight is 470 g/mol. The molecule has 6 heteroatoms. The summed E-state index contributed by atoms with van der Waals surface area (Å²) in [5.74, 6) is 0.951. The van der Waals surface area contributed by atoms with Crippen molar-refractivity contribution < 1.29 is 17.9 Å². The number of nitrogens with zero attached hydrogens (tertiary/aromatic N) is 1. The normalized spacial score (nSPS) is 19.8. The SMILES string of the molecule is CCN1C(=O)C(C)(C)COc2cc(C3(S(=O)(=O)c4ccc(C(C)C)cc4)CCCC3)ccc21. The minimum absolute atomic E-state index is 0.0185. The minimum Gasteiger partial charge on any atom is -0.490 e.